The molecule has 0 aromatic heterocycles. The van der Waals surface area contributed by atoms with E-state index < -0.39 is 0 Å². The molecule has 0 spiro atoms. The highest BCUT2D eigenvalue weighted by Crippen LogP contribution is 2.33. The second-order valence-corrected chi connectivity index (χ2v) is 6.51. The summed E-state index contributed by atoms with van der Waals surface area (Å²) < 4.78 is 0. The van der Waals surface area contributed by atoms with Crippen LogP contribution in [0.5, 0.6) is 0 Å². The van der Waals surface area contributed by atoms with E-state index in [0.717, 1.165) is 29.2 Å². The van der Waals surface area contributed by atoms with E-state index >= 15 is 0 Å². The van der Waals surface area contributed by atoms with Crippen molar-refractivity contribution in [2.24, 2.45) is 5.84 Å². The average Bonchev–Trinajstić information content (AvgIpc) is 2.60. The van der Waals surface area contributed by atoms with Crippen LogP contribution in [-0.4, -0.2) is 24.8 Å². The Morgan fingerprint density at radius 1 is 1.04 bits per heavy atom. The fraction of sp³-hybridized carbons (Fsp3) is 0.211. The Morgan fingerprint density at radius 2 is 1.77 bits per heavy atom. The van der Waals surface area contributed by atoms with Crippen LogP contribution < -0.4 is 27.6 Å². The molecule has 0 fully saturated rings. The van der Waals surface area contributed by atoms with Crippen molar-refractivity contribution in [1.82, 2.24) is 4.90 Å². The summed E-state index contributed by atoms with van der Waals surface area (Å²) in [5, 5.41) is 6.55. The molecule has 0 bridgehead atoms. The van der Waals surface area contributed by atoms with Gasteiger partial charge in [0.25, 0.3) is 0 Å². The number of carbonyl (C=O) groups excluding carboxylic acids is 1. The number of nitrogens with two attached hydrogens (primary N) is 2. The van der Waals surface area contributed by atoms with Crippen LogP contribution in [0, 0.1) is 0 Å². The third-order valence-electron chi connectivity index (χ3n) is 4.21. The van der Waals surface area contributed by atoms with Crippen LogP contribution in [0.15, 0.2) is 53.9 Å². The smallest absolute Gasteiger partial charge is 0.186 e. The Hall–Kier alpha value is -3.03. The number of hydrazine groups is 1. The van der Waals surface area contributed by atoms with Gasteiger partial charge in [-0.25, -0.2) is 0 Å². The van der Waals surface area contributed by atoms with Gasteiger partial charge in [0.05, 0.1) is 29.2 Å². The maximum atomic E-state index is 12.2. The summed E-state index contributed by atoms with van der Waals surface area (Å²) in [5.74, 6) is 5.63. The fourth-order valence-electron chi connectivity index (χ4n) is 2.90. The van der Waals surface area contributed by atoms with Gasteiger partial charge in [0.2, 0.25) is 0 Å². The molecule has 0 radical (unpaired) electrons. The normalized spacial score (nSPS) is 13.6. The monoisotopic (exact) mass is 352 g/mol. The van der Waals surface area contributed by atoms with Crippen LogP contribution >= 0.6 is 0 Å². The predicted molar refractivity (Wildman–Crippen MR) is 106 cm³/mol. The molecule has 0 saturated heterocycles. The van der Waals surface area contributed by atoms with E-state index in [-0.39, 0.29) is 5.78 Å². The number of nitrogens with zero attached hydrogens (tertiary/aromatic N) is 1. The molecule has 7 heteroatoms. The summed E-state index contributed by atoms with van der Waals surface area (Å²) in [5.41, 5.74) is 13.8. The molecule has 7 nitrogen and oxygen atoms in total. The number of allylic oxidation sites excluding steroid dienone is 2. The number of para-hydroxylation sites is 2. The molecule has 0 aliphatic heterocycles. The summed E-state index contributed by atoms with van der Waals surface area (Å²) in [7, 11) is 4.03. The number of Topliss-reactive ketones (excluding diaryl/α,β-unsaturated/α-hetero) is 1. The third kappa shape index (κ3) is 3.63. The molecule has 1 aliphatic rings. The molecule has 0 atom stereocenters. The van der Waals surface area contributed by atoms with Gasteiger partial charge in [0, 0.05) is 12.2 Å². The number of anilines is 4. The van der Waals surface area contributed by atoms with Crippen molar-refractivity contribution in [3.05, 3.63) is 59.4 Å². The fourth-order valence-corrected chi connectivity index (χ4v) is 2.90. The Kier molecular flexibility index (Phi) is 5.11. The van der Waals surface area contributed by atoms with Gasteiger partial charge in [0.15, 0.2) is 5.78 Å². The van der Waals surface area contributed by atoms with Crippen LogP contribution in [-0.2, 0) is 11.3 Å². The zero-order valence-corrected chi connectivity index (χ0v) is 15.0. The highest BCUT2D eigenvalue weighted by molar-refractivity contribution is 6.08. The van der Waals surface area contributed by atoms with Crippen LogP contribution in [0.4, 0.5) is 22.7 Å². The number of hydrogen-bond donors (Lipinski definition) is 5. The van der Waals surface area contributed by atoms with E-state index in [4.69, 9.17) is 11.6 Å². The molecule has 3 rings (SSSR count). The lowest BCUT2D eigenvalue weighted by Crippen LogP contribution is -2.29. The highest BCUT2D eigenvalue weighted by Gasteiger charge is 2.28. The third-order valence-corrected chi connectivity index (χ3v) is 4.21. The number of nitrogen functional groups attached to an aromatic ring is 2. The van der Waals surface area contributed by atoms with Gasteiger partial charge in [-0.15, -0.1) is 0 Å². The molecule has 7 N–H and O–H groups in total. The molecule has 0 amide bonds. The molecule has 0 heterocycles. The quantitative estimate of drug-likeness (QED) is 0.296. The van der Waals surface area contributed by atoms with Crippen molar-refractivity contribution in [3.8, 4) is 0 Å². The van der Waals surface area contributed by atoms with Crippen molar-refractivity contribution in [2.45, 2.75) is 13.0 Å². The van der Waals surface area contributed by atoms with Crippen molar-refractivity contribution >= 4 is 28.5 Å². The number of carbonyl (C=O) groups is 1. The van der Waals surface area contributed by atoms with Crippen LogP contribution in [0.25, 0.3) is 0 Å². The van der Waals surface area contributed by atoms with E-state index in [1.807, 2.05) is 50.5 Å². The Balaban J connectivity index is 1.86. The second-order valence-electron chi connectivity index (χ2n) is 6.51. The molecule has 0 unspecified atom stereocenters. The summed E-state index contributed by atoms with van der Waals surface area (Å²) in [4.78, 5) is 14.2. The summed E-state index contributed by atoms with van der Waals surface area (Å²) >= 11 is 0. The lowest BCUT2D eigenvalue weighted by atomic mass is 9.97. The first-order valence-electron chi connectivity index (χ1n) is 8.37. The molecular weight excluding hydrogens is 328 g/mol. The van der Waals surface area contributed by atoms with Crippen molar-refractivity contribution in [2.75, 3.05) is 35.9 Å². The summed E-state index contributed by atoms with van der Waals surface area (Å²) in [6.45, 7) is 0.782. The minimum absolute atomic E-state index is 0.0679. The van der Waals surface area contributed by atoms with Crippen molar-refractivity contribution in [3.63, 3.8) is 0 Å². The van der Waals surface area contributed by atoms with Crippen LogP contribution in [0.3, 0.4) is 0 Å². The Labute approximate surface area is 153 Å². The van der Waals surface area contributed by atoms with E-state index in [1.54, 1.807) is 6.07 Å². The molecular formula is C19H24N6O. The average molecular weight is 352 g/mol. The topological polar surface area (TPSA) is 108 Å². The molecule has 2 aromatic rings. The SMILES string of the molecule is CN(C)Cc1ccccc1NC1=C(Nc2cccc(N)c2NN)CC1=O. The van der Waals surface area contributed by atoms with Gasteiger partial charge in [-0.1, -0.05) is 24.3 Å². The largest absolute Gasteiger partial charge is 0.397 e. The van der Waals surface area contributed by atoms with Crippen molar-refractivity contribution in [1.29, 1.82) is 0 Å². The molecule has 0 saturated carbocycles. The van der Waals surface area contributed by atoms with Crippen LogP contribution in [0.2, 0.25) is 0 Å². The minimum Gasteiger partial charge on any atom is -0.397 e. The van der Waals surface area contributed by atoms with Crippen molar-refractivity contribution < 1.29 is 4.79 Å². The minimum atomic E-state index is 0.0679. The zero-order chi connectivity index (χ0) is 18.7. The first-order valence-corrected chi connectivity index (χ1v) is 8.37. The Morgan fingerprint density at radius 3 is 2.46 bits per heavy atom. The number of nitrogens with one attached hydrogen (secondary N) is 3. The zero-order valence-electron chi connectivity index (χ0n) is 15.0. The molecule has 1 aliphatic carbocycles. The van der Waals surface area contributed by atoms with E-state index in [1.165, 1.54) is 0 Å². The molecule has 2 aromatic carbocycles. The van der Waals surface area contributed by atoms with Crippen LogP contribution in [0.1, 0.15) is 12.0 Å². The maximum absolute atomic E-state index is 12.2. The summed E-state index contributed by atoms with van der Waals surface area (Å²) in [6, 6.07) is 13.4. The van der Waals surface area contributed by atoms with Gasteiger partial charge in [-0.05, 0) is 37.9 Å². The van der Waals surface area contributed by atoms with Gasteiger partial charge >= 0.3 is 0 Å². The number of rotatable bonds is 7. The lowest BCUT2D eigenvalue weighted by molar-refractivity contribution is -0.116. The van der Waals surface area contributed by atoms with E-state index in [2.05, 4.69) is 21.0 Å². The highest BCUT2D eigenvalue weighted by atomic mass is 16.1. The van der Waals surface area contributed by atoms with Gasteiger partial charge in [0.1, 0.15) is 5.70 Å². The van der Waals surface area contributed by atoms with E-state index in [9.17, 15) is 4.79 Å². The molecule has 136 valence electrons. The number of hydrogen-bond acceptors (Lipinski definition) is 7. The second kappa shape index (κ2) is 7.47. The van der Waals surface area contributed by atoms with E-state index in [0.29, 0.717) is 23.5 Å². The lowest BCUT2D eigenvalue weighted by Gasteiger charge is -2.27. The first-order chi connectivity index (χ1) is 12.5. The predicted octanol–water partition coefficient (Wildman–Crippen LogP) is 2.32. The summed E-state index contributed by atoms with van der Waals surface area (Å²) in [6.07, 6.45) is 0.344. The standard InChI is InChI=1S/C19H24N6O/c1-25(2)11-12-6-3-4-8-14(12)23-19-16(10-17(19)26)22-15-9-5-7-13(20)18(15)24-21/h3-9,22-24H,10-11,20-21H2,1-2H3. The first kappa shape index (κ1) is 17.8. The Bertz CT molecular complexity index is 859. The maximum Gasteiger partial charge on any atom is 0.186 e. The van der Waals surface area contributed by atoms with Gasteiger partial charge < -0.3 is 26.7 Å². The van der Waals surface area contributed by atoms with Gasteiger partial charge in [-0.2, -0.15) is 0 Å². The molecule has 26 heavy (non-hydrogen) atoms. The van der Waals surface area contributed by atoms with Gasteiger partial charge in [-0.3, -0.25) is 10.6 Å². The number of ketones is 1. The number of benzene rings is 2.